The van der Waals surface area contributed by atoms with Gasteiger partial charge in [-0.15, -0.1) is 0 Å². The highest BCUT2D eigenvalue weighted by Gasteiger charge is 2.23. The van der Waals surface area contributed by atoms with Crippen LogP contribution in [0.25, 0.3) is 0 Å². The van der Waals surface area contributed by atoms with Crippen molar-refractivity contribution >= 4 is 33.2 Å². The summed E-state index contributed by atoms with van der Waals surface area (Å²) in [6, 6.07) is 4.93. The minimum absolute atomic E-state index is 0.0698. The number of anilines is 1. The third-order valence-electron chi connectivity index (χ3n) is 3.75. The molecule has 1 aromatic carbocycles. The van der Waals surface area contributed by atoms with E-state index in [1.807, 2.05) is 6.92 Å². The van der Waals surface area contributed by atoms with E-state index in [0.29, 0.717) is 10.9 Å². The van der Waals surface area contributed by atoms with Crippen molar-refractivity contribution in [2.75, 3.05) is 18.0 Å². The molecule has 1 aliphatic rings. The first-order chi connectivity index (χ1) is 10.5. The number of halogens is 1. The molecular weight excluding hydrogens is 350 g/mol. The zero-order valence-electron chi connectivity index (χ0n) is 12.5. The molecule has 1 atom stereocenters. The number of rotatable bonds is 5. The Hall–Kier alpha value is -1.63. The quantitative estimate of drug-likeness (QED) is 0.638. The Balaban J connectivity index is 2.06. The summed E-state index contributed by atoms with van der Waals surface area (Å²) in [5, 5.41) is 13.9. The van der Waals surface area contributed by atoms with Gasteiger partial charge in [0.2, 0.25) is 5.91 Å². The lowest BCUT2D eigenvalue weighted by Gasteiger charge is -2.35. The van der Waals surface area contributed by atoms with Gasteiger partial charge in [-0.2, -0.15) is 0 Å². The van der Waals surface area contributed by atoms with Crippen LogP contribution in [0.5, 0.6) is 0 Å². The largest absolute Gasteiger partial charge is 0.369 e. The topological polar surface area (TPSA) is 75.5 Å². The van der Waals surface area contributed by atoms with Crippen LogP contribution in [0.1, 0.15) is 32.6 Å². The summed E-state index contributed by atoms with van der Waals surface area (Å²) in [5.41, 5.74) is 1.00. The molecular formula is C15H20BrN3O3. The number of nitro benzene ring substituents is 1. The van der Waals surface area contributed by atoms with Gasteiger partial charge in [0.15, 0.2) is 0 Å². The Morgan fingerprint density at radius 2 is 2.32 bits per heavy atom. The van der Waals surface area contributed by atoms with E-state index in [1.54, 1.807) is 6.07 Å². The lowest BCUT2D eigenvalue weighted by molar-refractivity contribution is -0.384. The summed E-state index contributed by atoms with van der Waals surface area (Å²) in [6.45, 7) is 3.60. The number of nitrogens with zero attached hydrogens (tertiary/aromatic N) is 2. The molecule has 0 saturated carbocycles. The van der Waals surface area contributed by atoms with Crippen LogP contribution in [0.3, 0.4) is 0 Å². The highest BCUT2D eigenvalue weighted by Crippen LogP contribution is 2.31. The van der Waals surface area contributed by atoms with Crippen LogP contribution in [0.15, 0.2) is 22.7 Å². The molecule has 0 bridgehead atoms. The van der Waals surface area contributed by atoms with Crippen molar-refractivity contribution in [3.8, 4) is 0 Å². The standard InChI is InChI=1S/C15H20BrN3O3/c1-2-4-15(20)17-11-5-3-8-18(10-11)14-7-6-12(19(21)22)9-13(14)16/h6-7,9,11H,2-5,8,10H2,1H3,(H,17,20). The highest BCUT2D eigenvalue weighted by atomic mass is 79.9. The van der Waals surface area contributed by atoms with E-state index in [-0.39, 0.29) is 17.6 Å². The fourth-order valence-corrected chi connectivity index (χ4v) is 3.32. The Bertz CT molecular complexity index is 565. The van der Waals surface area contributed by atoms with Crippen molar-refractivity contribution in [1.29, 1.82) is 0 Å². The number of non-ortho nitro benzene ring substituents is 1. The Morgan fingerprint density at radius 3 is 2.95 bits per heavy atom. The first-order valence-corrected chi connectivity index (χ1v) is 8.28. The van der Waals surface area contributed by atoms with Crippen molar-refractivity contribution in [2.45, 2.75) is 38.6 Å². The number of nitro groups is 1. The highest BCUT2D eigenvalue weighted by molar-refractivity contribution is 9.10. The minimum atomic E-state index is -0.404. The van der Waals surface area contributed by atoms with E-state index in [2.05, 4.69) is 26.1 Å². The molecule has 1 aliphatic heterocycles. The Kier molecular flexibility index (Phi) is 5.76. The average molecular weight is 370 g/mol. The molecule has 1 N–H and O–H groups in total. The van der Waals surface area contributed by atoms with Crippen LogP contribution in [0.4, 0.5) is 11.4 Å². The molecule has 0 spiro atoms. The third kappa shape index (κ3) is 4.19. The number of hydrogen-bond donors (Lipinski definition) is 1. The summed E-state index contributed by atoms with van der Waals surface area (Å²) < 4.78 is 0.710. The van der Waals surface area contributed by atoms with Crippen LogP contribution in [-0.2, 0) is 4.79 Å². The number of amides is 1. The second-order valence-electron chi connectivity index (χ2n) is 5.50. The van der Waals surface area contributed by atoms with E-state index in [4.69, 9.17) is 0 Å². The lowest BCUT2D eigenvalue weighted by Crippen LogP contribution is -2.47. The molecule has 1 unspecified atom stereocenters. The van der Waals surface area contributed by atoms with Crippen molar-refractivity contribution in [1.82, 2.24) is 5.32 Å². The summed E-state index contributed by atoms with van der Waals surface area (Å²) >= 11 is 3.41. The lowest BCUT2D eigenvalue weighted by atomic mass is 10.0. The number of carbonyl (C=O) groups is 1. The number of nitrogens with one attached hydrogen (secondary N) is 1. The third-order valence-corrected chi connectivity index (χ3v) is 4.38. The van der Waals surface area contributed by atoms with E-state index in [0.717, 1.165) is 38.0 Å². The summed E-state index contributed by atoms with van der Waals surface area (Å²) in [7, 11) is 0. The second kappa shape index (κ2) is 7.58. The molecule has 0 radical (unpaired) electrons. The van der Waals surface area contributed by atoms with Gasteiger partial charge in [0, 0.05) is 42.2 Å². The summed E-state index contributed by atoms with van der Waals surface area (Å²) in [6.07, 6.45) is 3.35. The fraction of sp³-hybridized carbons (Fsp3) is 0.533. The van der Waals surface area contributed by atoms with E-state index < -0.39 is 4.92 Å². The zero-order valence-corrected chi connectivity index (χ0v) is 14.1. The number of benzene rings is 1. The van der Waals surface area contributed by atoms with Crippen molar-refractivity contribution in [3.63, 3.8) is 0 Å². The Labute approximate surface area is 138 Å². The maximum atomic E-state index is 11.7. The second-order valence-corrected chi connectivity index (χ2v) is 6.35. The molecule has 1 saturated heterocycles. The molecule has 1 heterocycles. The summed E-state index contributed by atoms with van der Waals surface area (Å²) in [5.74, 6) is 0.0946. The molecule has 1 amide bonds. The molecule has 120 valence electrons. The predicted octanol–water partition coefficient (Wildman–Crippen LogP) is 3.24. The van der Waals surface area contributed by atoms with E-state index in [1.165, 1.54) is 12.1 Å². The molecule has 22 heavy (non-hydrogen) atoms. The molecule has 1 aromatic rings. The normalized spacial score (nSPS) is 18.1. The van der Waals surface area contributed by atoms with Crippen molar-refractivity contribution < 1.29 is 9.72 Å². The van der Waals surface area contributed by atoms with Gasteiger partial charge in [0.25, 0.3) is 5.69 Å². The predicted molar refractivity (Wildman–Crippen MR) is 89.1 cm³/mol. The van der Waals surface area contributed by atoms with Gasteiger partial charge in [-0.25, -0.2) is 0 Å². The zero-order chi connectivity index (χ0) is 16.1. The number of carbonyl (C=O) groups excluding carboxylic acids is 1. The molecule has 0 aromatic heterocycles. The van der Waals surface area contributed by atoms with Gasteiger partial charge in [0.1, 0.15) is 0 Å². The fourth-order valence-electron chi connectivity index (χ4n) is 2.71. The first kappa shape index (κ1) is 16.7. The molecule has 1 fully saturated rings. The van der Waals surface area contributed by atoms with Gasteiger partial charge < -0.3 is 10.2 Å². The minimum Gasteiger partial charge on any atom is -0.369 e. The maximum Gasteiger partial charge on any atom is 0.270 e. The SMILES string of the molecule is CCCC(=O)NC1CCCN(c2ccc([N+](=O)[O-])cc2Br)C1. The van der Waals surface area contributed by atoms with E-state index in [9.17, 15) is 14.9 Å². The van der Waals surface area contributed by atoms with Gasteiger partial charge in [0.05, 0.1) is 10.6 Å². The number of hydrogen-bond acceptors (Lipinski definition) is 4. The summed E-state index contributed by atoms with van der Waals surface area (Å²) in [4.78, 5) is 24.3. The van der Waals surface area contributed by atoms with Crippen molar-refractivity contribution in [2.24, 2.45) is 0 Å². The number of piperidine rings is 1. The monoisotopic (exact) mass is 369 g/mol. The van der Waals surface area contributed by atoms with Crippen LogP contribution < -0.4 is 10.2 Å². The van der Waals surface area contributed by atoms with E-state index >= 15 is 0 Å². The van der Waals surface area contributed by atoms with Gasteiger partial charge >= 0.3 is 0 Å². The van der Waals surface area contributed by atoms with Crippen LogP contribution >= 0.6 is 15.9 Å². The first-order valence-electron chi connectivity index (χ1n) is 7.49. The van der Waals surface area contributed by atoms with Crippen LogP contribution in [-0.4, -0.2) is 30.0 Å². The Morgan fingerprint density at radius 1 is 1.55 bits per heavy atom. The molecule has 2 rings (SSSR count). The van der Waals surface area contributed by atoms with Crippen molar-refractivity contribution in [3.05, 3.63) is 32.8 Å². The van der Waals surface area contributed by atoms with Gasteiger partial charge in [-0.3, -0.25) is 14.9 Å². The molecule has 7 heteroatoms. The average Bonchev–Trinajstić information content (AvgIpc) is 2.47. The van der Waals surface area contributed by atoms with Crippen LogP contribution in [0, 0.1) is 10.1 Å². The maximum absolute atomic E-state index is 11.7. The van der Waals surface area contributed by atoms with Gasteiger partial charge in [-0.1, -0.05) is 6.92 Å². The molecule has 6 nitrogen and oxygen atoms in total. The smallest absolute Gasteiger partial charge is 0.270 e. The van der Waals surface area contributed by atoms with Gasteiger partial charge in [-0.05, 0) is 41.3 Å². The van der Waals surface area contributed by atoms with Crippen LogP contribution in [0.2, 0.25) is 0 Å². The molecule has 0 aliphatic carbocycles.